The van der Waals surface area contributed by atoms with Crippen LogP contribution in [0, 0.1) is 0 Å². The fraction of sp³-hybridized carbons (Fsp3) is 0.263. The van der Waals surface area contributed by atoms with Crippen molar-refractivity contribution in [1.82, 2.24) is 0 Å². The first-order chi connectivity index (χ1) is 12.1. The maximum absolute atomic E-state index is 12.4. The molecule has 0 saturated heterocycles. The molecule has 1 amide bonds. The van der Waals surface area contributed by atoms with E-state index in [0.717, 1.165) is 12.0 Å². The van der Waals surface area contributed by atoms with E-state index in [0.29, 0.717) is 22.9 Å². The van der Waals surface area contributed by atoms with Crippen molar-refractivity contribution in [3.05, 3.63) is 64.2 Å². The van der Waals surface area contributed by atoms with Gasteiger partial charge in [0, 0.05) is 0 Å². The molecular weight excluding hydrogens is 342 g/mol. The highest BCUT2D eigenvalue weighted by atomic mass is 35.5. The number of carbonyl (C=O) groups excluding carboxylic acids is 2. The summed E-state index contributed by atoms with van der Waals surface area (Å²) in [5.74, 6) is -0.720. The molecule has 6 heteroatoms. The monoisotopic (exact) mass is 359 g/mol. The molecule has 0 aromatic heterocycles. The van der Waals surface area contributed by atoms with Crippen LogP contribution >= 0.6 is 11.6 Å². The van der Waals surface area contributed by atoms with E-state index in [4.69, 9.17) is 16.3 Å². The highest BCUT2D eigenvalue weighted by Crippen LogP contribution is 2.30. The lowest BCUT2D eigenvalue weighted by atomic mass is 9.95. The Kier molecular flexibility index (Phi) is 5.36. The normalized spacial score (nSPS) is 16.0. The van der Waals surface area contributed by atoms with E-state index in [1.54, 1.807) is 12.1 Å². The summed E-state index contributed by atoms with van der Waals surface area (Å²) in [6.45, 7) is 0.591. The van der Waals surface area contributed by atoms with Crippen LogP contribution in [0.3, 0.4) is 0 Å². The Morgan fingerprint density at radius 1 is 1.28 bits per heavy atom. The molecule has 1 heterocycles. The summed E-state index contributed by atoms with van der Waals surface area (Å²) in [4.78, 5) is 24.0. The van der Waals surface area contributed by atoms with Gasteiger partial charge in [-0.3, -0.25) is 4.79 Å². The SMILES string of the molecule is COC(=O)c1ccc(Cl)c(NC(=O)CC2OCCc3ccccc32)c1. The van der Waals surface area contributed by atoms with Crippen molar-refractivity contribution in [2.24, 2.45) is 0 Å². The molecule has 2 aromatic carbocycles. The lowest BCUT2D eigenvalue weighted by Crippen LogP contribution is -2.22. The van der Waals surface area contributed by atoms with Gasteiger partial charge in [-0.15, -0.1) is 0 Å². The molecule has 1 atom stereocenters. The molecule has 0 spiro atoms. The van der Waals surface area contributed by atoms with Gasteiger partial charge in [-0.1, -0.05) is 35.9 Å². The maximum Gasteiger partial charge on any atom is 0.337 e. The smallest absolute Gasteiger partial charge is 0.337 e. The molecule has 0 saturated carbocycles. The van der Waals surface area contributed by atoms with Crippen LogP contribution < -0.4 is 5.32 Å². The van der Waals surface area contributed by atoms with Crippen LogP contribution in [0.1, 0.15) is 34.0 Å². The Bertz CT molecular complexity index is 806. The number of carbonyl (C=O) groups is 2. The number of anilines is 1. The highest BCUT2D eigenvalue weighted by Gasteiger charge is 2.23. The van der Waals surface area contributed by atoms with Gasteiger partial charge in [0.05, 0.1) is 42.5 Å². The van der Waals surface area contributed by atoms with Crippen LogP contribution in [0.15, 0.2) is 42.5 Å². The molecule has 25 heavy (non-hydrogen) atoms. The molecule has 0 aliphatic carbocycles. The van der Waals surface area contributed by atoms with E-state index in [1.165, 1.54) is 18.7 Å². The van der Waals surface area contributed by atoms with Crippen molar-refractivity contribution in [2.75, 3.05) is 19.0 Å². The van der Waals surface area contributed by atoms with Crippen molar-refractivity contribution in [1.29, 1.82) is 0 Å². The topological polar surface area (TPSA) is 64.6 Å². The van der Waals surface area contributed by atoms with E-state index in [2.05, 4.69) is 16.1 Å². The van der Waals surface area contributed by atoms with E-state index in [1.807, 2.05) is 18.2 Å². The molecule has 0 radical (unpaired) electrons. The molecule has 0 bridgehead atoms. The summed E-state index contributed by atoms with van der Waals surface area (Å²) in [5.41, 5.74) is 2.94. The number of hydrogen-bond acceptors (Lipinski definition) is 4. The summed E-state index contributed by atoms with van der Waals surface area (Å²) < 4.78 is 10.4. The number of amides is 1. The van der Waals surface area contributed by atoms with Crippen LogP contribution in [-0.4, -0.2) is 25.6 Å². The molecule has 1 aliphatic heterocycles. The van der Waals surface area contributed by atoms with Crippen molar-refractivity contribution in [3.8, 4) is 0 Å². The zero-order valence-corrected chi connectivity index (χ0v) is 14.5. The number of fused-ring (bicyclic) bond motifs is 1. The molecule has 1 N–H and O–H groups in total. The number of hydrogen-bond donors (Lipinski definition) is 1. The molecule has 130 valence electrons. The highest BCUT2D eigenvalue weighted by molar-refractivity contribution is 6.33. The summed E-state index contributed by atoms with van der Waals surface area (Å²) in [6, 6.07) is 12.6. The van der Waals surface area contributed by atoms with E-state index < -0.39 is 5.97 Å². The van der Waals surface area contributed by atoms with Gasteiger partial charge >= 0.3 is 5.97 Å². The predicted octanol–water partition coefficient (Wildman–Crippen LogP) is 3.77. The number of methoxy groups -OCH3 is 1. The number of halogens is 1. The fourth-order valence-electron chi connectivity index (χ4n) is 2.88. The van der Waals surface area contributed by atoms with E-state index in [-0.39, 0.29) is 18.4 Å². The second-order valence-electron chi connectivity index (χ2n) is 5.75. The van der Waals surface area contributed by atoms with Crippen LogP contribution in [0.25, 0.3) is 0 Å². The van der Waals surface area contributed by atoms with Crippen molar-refractivity contribution in [3.63, 3.8) is 0 Å². The summed E-state index contributed by atoms with van der Waals surface area (Å²) in [7, 11) is 1.30. The summed E-state index contributed by atoms with van der Waals surface area (Å²) in [6.07, 6.45) is 0.740. The van der Waals surface area contributed by atoms with Gasteiger partial charge in [0.15, 0.2) is 0 Å². The lowest BCUT2D eigenvalue weighted by Gasteiger charge is -2.25. The zero-order valence-electron chi connectivity index (χ0n) is 13.8. The van der Waals surface area contributed by atoms with E-state index >= 15 is 0 Å². The number of ether oxygens (including phenoxy) is 2. The van der Waals surface area contributed by atoms with Crippen LogP contribution in [0.2, 0.25) is 5.02 Å². The predicted molar refractivity (Wildman–Crippen MR) is 94.9 cm³/mol. The average molecular weight is 360 g/mol. The first-order valence-corrected chi connectivity index (χ1v) is 8.33. The van der Waals surface area contributed by atoms with Crippen LogP contribution in [-0.2, 0) is 20.7 Å². The molecule has 3 rings (SSSR count). The first-order valence-electron chi connectivity index (χ1n) is 7.95. The summed E-state index contributed by atoms with van der Waals surface area (Å²) >= 11 is 6.11. The molecular formula is C19H18ClNO4. The standard InChI is InChI=1S/C19H18ClNO4/c1-24-19(23)13-6-7-15(20)16(10-13)21-18(22)11-17-14-5-3-2-4-12(14)8-9-25-17/h2-7,10,17H,8-9,11H2,1H3,(H,21,22). The van der Waals surface area contributed by atoms with Crippen LogP contribution in [0.4, 0.5) is 5.69 Å². The fourth-order valence-corrected chi connectivity index (χ4v) is 3.05. The summed E-state index contributed by atoms with van der Waals surface area (Å²) in [5, 5.41) is 3.10. The third kappa shape index (κ3) is 4.00. The minimum absolute atomic E-state index is 0.176. The molecule has 1 unspecified atom stereocenters. The van der Waals surface area contributed by atoms with Crippen LogP contribution in [0.5, 0.6) is 0 Å². The van der Waals surface area contributed by atoms with Crippen molar-refractivity contribution >= 4 is 29.2 Å². The second-order valence-corrected chi connectivity index (χ2v) is 6.15. The average Bonchev–Trinajstić information content (AvgIpc) is 2.63. The van der Waals surface area contributed by atoms with Gasteiger partial charge in [0.1, 0.15) is 0 Å². The molecule has 1 aliphatic rings. The molecule has 5 nitrogen and oxygen atoms in total. The largest absolute Gasteiger partial charge is 0.465 e. The second kappa shape index (κ2) is 7.68. The third-order valence-electron chi connectivity index (χ3n) is 4.12. The quantitative estimate of drug-likeness (QED) is 0.844. The van der Waals surface area contributed by atoms with Gasteiger partial charge in [-0.25, -0.2) is 4.79 Å². The minimum Gasteiger partial charge on any atom is -0.465 e. The molecule has 0 fully saturated rings. The maximum atomic E-state index is 12.4. The third-order valence-corrected chi connectivity index (χ3v) is 4.45. The van der Waals surface area contributed by atoms with Gasteiger partial charge < -0.3 is 14.8 Å². The van der Waals surface area contributed by atoms with Gasteiger partial charge in [0.25, 0.3) is 0 Å². The van der Waals surface area contributed by atoms with Gasteiger partial charge in [-0.2, -0.15) is 0 Å². The number of esters is 1. The Morgan fingerprint density at radius 3 is 2.88 bits per heavy atom. The molecule has 2 aromatic rings. The lowest BCUT2D eigenvalue weighted by molar-refractivity contribution is -0.119. The number of nitrogens with one attached hydrogen (secondary N) is 1. The minimum atomic E-state index is -0.489. The Hall–Kier alpha value is -2.37. The zero-order chi connectivity index (χ0) is 17.8. The number of benzene rings is 2. The van der Waals surface area contributed by atoms with Crippen molar-refractivity contribution in [2.45, 2.75) is 18.9 Å². The van der Waals surface area contributed by atoms with Gasteiger partial charge in [0.2, 0.25) is 5.91 Å². The Labute approximate surface area is 150 Å². The Balaban J connectivity index is 1.73. The first kappa shape index (κ1) is 17.5. The Morgan fingerprint density at radius 2 is 2.08 bits per heavy atom. The van der Waals surface area contributed by atoms with Crippen molar-refractivity contribution < 1.29 is 19.1 Å². The van der Waals surface area contributed by atoms with Gasteiger partial charge in [-0.05, 0) is 35.7 Å². The number of rotatable bonds is 4. The van der Waals surface area contributed by atoms with E-state index in [9.17, 15) is 9.59 Å².